The zero-order valence-corrected chi connectivity index (χ0v) is 77.2. The predicted octanol–water partition coefficient (Wildman–Crippen LogP) is 29.7. The van der Waals surface area contributed by atoms with Crippen LogP contribution in [-0.2, 0) is 65.4 Å². The maximum Gasteiger partial charge on any atom is 0.472 e. The van der Waals surface area contributed by atoms with Gasteiger partial charge in [0, 0.05) is 25.7 Å². The highest BCUT2D eigenvalue weighted by molar-refractivity contribution is 7.47. The summed E-state index contributed by atoms with van der Waals surface area (Å²) in [5.41, 5.74) is 0. The quantitative estimate of drug-likeness (QED) is 0.0222. The molecule has 0 aliphatic rings. The Morgan fingerprint density at radius 3 is 0.623 bits per heavy atom. The standard InChI is InChI=1S/C95H186O17P2/c1-7-11-13-15-17-19-21-23-25-27-29-31-36-40-44-48-52-59-65-71-77-92(97)105-83-90(111-94(99)79-73-68-62-54-50-46-42-38-34-33-35-39-43-47-51-57-63-69-75-87(5)9-3)85-109-113(101,102)107-81-89(96)82-108-114(103,104)110-86-91(84-106-93(98)78-72-66-60-56-55-58-64-70-76-88(6)10-4)112-95(100)80-74-67-61-53-49-45-41-37-32-30-28-26-24-22-20-18-16-14-12-8-2/h87-91,96H,7-86H2,1-6H3,(H,101,102)(H,103,104)/t87?,88?,89-,90-,91-/m1/s1. The number of aliphatic hydroxyl groups excluding tert-OH is 1. The third kappa shape index (κ3) is 85.1. The SMILES string of the molecule is CCCCCCCCCCCCCCCCCCCCCCC(=O)OC[C@H](COP(=O)(O)OC[C@@H](O)COP(=O)(O)OC[C@@H](COC(=O)CCCCCCCCCCC(C)CC)OC(=O)CCCCCCCCCCCCCCCCCCCCCC)OC(=O)CCCCCCCCCCCCCCCCCCCCC(C)CC. The lowest BCUT2D eigenvalue weighted by Crippen LogP contribution is -2.30. The molecule has 7 atom stereocenters. The number of aliphatic hydroxyl groups is 1. The van der Waals surface area contributed by atoms with Crippen LogP contribution in [0.15, 0.2) is 0 Å². The molecule has 678 valence electrons. The summed E-state index contributed by atoms with van der Waals surface area (Å²) in [6.07, 6.45) is 82.0. The molecular formula is C95H186O17P2. The average molecular weight is 1660 g/mol. The first-order valence-corrected chi connectivity index (χ1v) is 52.1. The van der Waals surface area contributed by atoms with Gasteiger partial charge in [0.15, 0.2) is 12.2 Å². The molecule has 0 amide bonds. The molecule has 0 aromatic carbocycles. The van der Waals surface area contributed by atoms with Gasteiger partial charge in [-0.05, 0) is 37.5 Å². The van der Waals surface area contributed by atoms with Gasteiger partial charge in [0.2, 0.25) is 0 Å². The van der Waals surface area contributed by atoms with Crippen molar-refractivity contribution in [3.8, 4) is 0 Å². The van der Waals surface area contributed by atoms with Gasteiger partial charge in [-0.15, -0.1) is 0 Å². The minimum absolute atomic E-state index is 0.109. The van der Waals surface area contributed by atoms with Crippen LogP contribution in [0.4, 0.5) is 0 Å². The molecule has 0 saturated carbocycles. The molecular weight excluding hydrogens is 1470 g/mol. The molecule has 0 saturated heterocycles. The van der Waals surface area contributed by atoms with Crippen molar-refractivity contribution in [3.63, 3.8) is 0 Å². The first kappa shape index (κ1) is 112. The van der Waals surface area contributed by atoms with Crippen LogP contribution in [0.2, 0.25) is 0 Å². The van der Waals surface area contributed by atoms with Gasteiger partial charge in [-0.2, -0.15) is 0 Å². The summed E-state index contributed by atoms with van der Waals surface area (Å²) < 4.78 is 69.2. The largest absolute Gasteiger partial charge is 0.472 e. The van der Waals surface area contributed by atoms with Gasteiger partial charge < -0.3 is 33.8 Å². The van der Waals surface area contributed by atoms with E-state index in [4.69, 9.17) is 37.0 Å². The van der Waals surface area contributed by atoms with E-state index in [-0.39, 0.29) is 25.7 Å². The number of carbonyl (C=O) groups excluding carboxylic acids is 4. The van der Waals surface area contributed by atoms with Crippen molar-refractivity contribution >= 4 is 39.5 Å². The molecule has 0 radical (unpaired) electrons. The lowest BCUT2D eigenvalue weighted by molar-refractivity contribution is -0.161. The highest BCUT2D eigenvalue weighted by Gasteiger charge is 2.31. The van der Waals surface area contributed by atoms with Gasteiger partial charge in [-0.3, -0.25) is 37.3 Å². The first-order chi connectivity index (χ1) is 55.4. The third-order valence-corrected chi connectivity index (χ3v) is 25.1. The van der Waals surface area contributed by atoms with Gasteiger partial charge in [0.05, 0.1) is 26.4 Å². The van der Waals surface area contributed by atoms with Crippen LogP contribution in [0.1, 0.15) is 517 Å². The zero-order valence-electron chi connectivity index (χ0n) is 75.4. The summed E-state index contributed by atoms with van der Waals surface area (Å²) in [5, 5.41) is 10.7. The molecule has 19 heteroatoms. The maximum absolute atomic E-state index is 13.2. The second-order valence-electron chi connectivity index (χ2n) is 34.6. The number of hydrogen-bond acceptors (Lipinski definition) is 15. The number of rotatable bonds is 94. The third-order valence-electron chi connectivity index (χ3n) is 23.2. The number of esters is 4. The number of phosphoric acid groups is 2. The van der Waals surface area contributed by atoms with Crippen LogP contribution in [0, 0.1) is 11.8 Å². The summed E-state index contributed by atoms with van der Waals surface area (Å²) in [7, 11) is -9.94. The molecule has 0 heterocycles. The van der Waals surface area contributed by atoms with E-state index in [1.165, 1.54) is 334 Å². The van der Waals surface area contributed by atoms with Crippen molar-refractivity contribution in [1.29, 1.82) is 0 Å². The van der Waals surface area contributed by atoms with E-state index in [0.29, 0.717) is 25.7 Å². The van der Waals surface area contributed by atoms with Crippen molar-refractivity contribution in [1.82, 2.24) is 0 Å². The Kier molecular flexibility index (Phi) is 84.6. The van der Waals surface area contributed by atoms with Crippen LogP contribution in [0.25, 0.3) is 0 Å². The van der Waals surface area contributed by atoms with Crippen molar-refractivity contribution in [2.75, 3.05) is 39.6 Å². The van der Waals surface area contributed by atoms with Crippen LogP contribution in [0.3, 0.4) is 0 Å². The molecule has 0 aliphatic carbocycles. The molecule has 0 aromatic rings. The fourth-order valence-corrected chi connectivity index (χ4v) is 16.5. The highest BCUT2D eigenvalue weighted by atomic mass is 31.2. The average Bonchev–Trinajstić information content (AvgIpc) is 0.897. The number of carbonyl (C=O) groups is 4. The Hall–Kier alpha value is -1.94. The molecule has 17 nitrogen and oxygen atoms in total. The Balaban J connectivity index is 5.24. The van der Waals surface area contributed by atoms with Gasteiger partial charge in [-0.1, -0.05) is 465 Å². The lowest BCUT2D eigenvalue weighted by Gasteiger charge is -2.21. The monoisotopic (exact) mass is 1660 g/mol. The van der Waals surface area contributed by atoms with E-state index in [1.54, 1.807) is 0 Å². The first-order valence-electron chi connectivity index (χ1n) is 49.1. The number of phosphoric ester groups is 2. The Morgan fingerprint density at radius 2 is 0.421 bits per heavy atom. The molecule has 0 spiro atoms. The molecule has 4 unspecified atom stereocenters. The fourth-order valence-electron chi connectivity index (χ4n) is 14.9. The number of unbranched alkanes of at least 4 members (excludes halogenated alkanes) is 62. The molecule has 114 heavy (non-hydrogen) atoms. The molecule has 0 bridgehead atoms. The summed E-state index contributed by atoms with van der Waals surface area (Å²) in [4.78, 5) is 73.6. The van der Waals surface area contributed by atoms with E-state index < -0.39 is 97.5 Å². The fraction of sp³-hybridized carbons (Fsp3) is 0.958. The van der Waals surface area contributed by atoms with Crippen molar-refractivity contribution in [2.24, 2.45) is 11.8 Å². The Morgan fingerprint density at radius 1 is 0.246 bits per heavy atom. The second kappa shape index (κ2) is 86.0. The highest BCUT2D eigenvalue weighted by Crippen LogP contribution is 2.45. The van der Waals surface area contributed by atoms with Crippen LogP contribution in [0.5, 0.6) is 0 Å². The minimum Gasteiger partial charge on any atom is -0.462 e. The summed E-state index contributed by atoms with van der Waals surface area (Å²) >= 11 is 0. The molecule has 0 rings (SSSR count). The normalized spacial score (nSPS) is 14.1. The molecule has 0 aromatic heterocycles. The minimum atomic E-state index is -4.97. The van der Waals surface area contributed by atoms with Crippen LogP contribution < -0.4 is 0 Å². The Bertz CT molecular complexity index is 2170. The van der Waals surface area contributed by atoms with Gasteiger partial charge in [0.1, 0.15) is 19.3 Å². The van der Waals surface area contributed by atoms with Crippen molar-refractivity contribution < 1.29 is 80.2 Å². The van der Waals surface area contributed by atoms with E-state index in [0.717, 1.165) is 102 Å². The smallest absolute Gasteiger partial charge is 0.462 e. The van der Waals surface area contributed by atoms with E-state index in [2.05, 4.69) is 41.5 Å². The summed E-state index contributed by atoms with van der Waals surface area (Å²) in [6, 6.07) is 0. The molecule has 0 fully saturated rings. The summed E-state index contributed by atoms with van der Waals surface area (Å²) in [5.74, 6) is -0.443. The lowest BCUT2D eigenvalue weighted by atomic mass is 9.99. The number of hydrogen-bond donors (Lipinski definition) is 3. The number of ether oxygens (including phenoxy) is 4. The van der Waals surface area contributed by atoms with Crippen LogP contribution in [-0.4, -0.2) is 96.7 Å². The van der Waals surface area contributed by atoms with E-state index >= 15 is 0 Å². The van der Waals surface area contributed by atoms with E-state index in [1.807, 2.05) is 0 Å². The topological polar surface area (TPSA) is 237 Å². The predicted molar refractivity (Wildman–Crippen MR) is 474 cm³/mol. The molecule has 3 N–H and O–H groups in total. The molecule has 0 aliphatic heterocycles. The van der Waals surface area contributed by atoms with E-state index in [9.17, 15) is 43.2 Å². The zero-order chi connectivity index (χ0) is 83.4. The van der Waals surface area contributed by atoms with Gasteiger partial charge in [-0.25, -0.2) is 9.13 Å². The van der Waals surface area contributed by atoms with Crippen molar-refractivity contribution in [2.45, 2.75) is 535 Å². The Labute approximate surface area is 702 Å². The summed E-state index contributed by atoms with van der Waals surface area (Å²) in [6.45, 7) is 9.80. The van der Waals surface area contributed by atoms with Gasteiger partial charge >= 0.3 is 39.5 Å². The van der Waals surface area contributed by atoms with Crippen molar-refractivity contribution in [3.05, 3.63) is 0 Å². The maximum atomic E-state index is 13.2. The second-order valence-corrected chi connectivity index (χ2v) is 37.5. The van der Waals surface area contributed by atoms with Gasteiger partial charge in [0.25, 0.3) is 0 Å². The van der Waals surface area contributed by atoms with Crippen LogP contribution >= 0.6 is 15.6 Å².